The topological polar surface area (TPSA) is 50.4 Å². The van der Waals surface area contributed by atoms with Crippen molar-refractivity contribution >= 4 is 29.9 Å². The molecule has 0 atom stereocenters. The molecule has 3 nitrogen and oxygen atoms in total. The van der Waals surface area contributed by atoms with Gasteiger partial charge in [-0.15, -0.1) is 24.0 Å². The molecule has 0 radical (unpaired) electrons. The highest BCUT2D eigenvalue weighted by atomic mass is 127. The van der Waals surface area contributed by atoms with E-state index in [-0.39, 0.29) is 29.5 Å². The van der Waals surface area contributed by atoms with Gasteiger partial charge in [0.25, 0.3) is 0 Å². The van der Waals surface area contributed by atoms with Crippen molar-refractivity contribution in [2.24, 2.45) is 16.1 Å². The molecule has 1 aliphatic carbocycles. The number of guanidine groups is 1. The lowest BCUT2D eigenvalue weighted by atomic mass is 9.89. The SMILES string of the molecule is CC1(CN=C(N)NC(C)(C)C)CCCC1.I. The Bertz CT molecular complexity index is 237. The third-order valence-corrected chi connectivity index (χ3v) is 2.94. The molecule has 0 heterocycles. The first-order chi connectivity index (χ1) is 6.81. The average Bonchev–Trinajstić information content (AvgIpc) is 2.47. The summed E-state index contributed by atoms with van der Waals surface area (Å²) in [7, 11) is 0. The Morgan fingerprint density at radius 2 is 1.81 bits per heavy atom. The number of nitrogens with one attached hydrogen (secondary N) is 1. The van der Waals surface area contributed by atoms with E-state index >= 15 is 0 Å². The predicted octanol–water partition coefficient (Wildman–Crippen LogP) is 2.89. The summed E-state index contributed by atoms with van der Waals surface area (Å²) in [5.74, 6) is 0.579. The second-order valence-corrected chi connectivity index (χ2v) is 6.09. The van der Waals surface area contributed by atoms with E-state index in [0.29, 0.717) is 11.4 Å². The Labute approximate surface area is 117 Å². The smallest absolute Gasteiger partial charge is 0.189 e. The maximum Gasteiger partial charge on any atom is 0.189 e. The molecule has 0 saturated heterocycles. The summed E-state index contributed by atoms with van der Waals surface area (Å²) < 4.78 is 0. The van der Waals surface area contributed by atoms with Crippen molar-refractivity contribution < 1.29 is 0 Å². The van der Waals surface area contributed by atoms with E-state index in [1.54, 1.807) is 0 Å². The lowest BCUT2D eigenvalue weighted by Gasteiger charge is -2.24. The minimum atomic E-state index is 0. The van der Waals surface area contributed by atoms with Gasteiger partial charge >= 0.3 is 0 Å². The van der Waals surface area contributed by atoms with Crippen LogP contribution >= 0.6 is 24.0 Å². The van der Waals surface area contributed by atoms with Crippen molar-refractivity contribution in [3.63, 3.8) is 0 Å². The normalized spacial score (nSPS) is 20.4. The van der Waals surface area contributed by atoms with Crippen LogP contribution in [0.1, 0.15) is 53.4 Å². The first-order valence-electron chi connectivity index (χ1n) is 5.89. The van der Waals surface area contributed by atoms with E-state index in [9.17, 15) is 0 Å². The maximum absolute atomic E-state index is 5.84. The van der Waals surface area contributed by atoms with Crippen molar-refractivity contribution in [2.45, 2.75) is 58.9 Å². The van der Waals surface area contributed by atoms with E-state index in [1.165, 1.54) is 25.7 Å². The van der Waals surface area contributed by atoms with Crippen LogP contribution in [-0.2, 0) is 0 Å². The van der Waals surface area contributed by atoms with Gasteiger partial charge in [-0.25, -0.2) is 0 Å². The molecule has 0 amide bonds. The lowest BCUT2D eigenvalue weighted by Crippen LogP contribution is -2.45. The predicted molar refractivity (Wildman–Crippen MR) is 81.4 cm³/mol. The molecule has 1 rings (SSSR count). The highest BCUT2D eigenvalue weighted by molar-refractivity contribution is 14.0. The molecular formula is C12H26IN3. The summed E-state index contributed by atoms with van der Waals surface area (Å²) >= 11 is 0. The number of aliphatic imine (C=N–C) groups is 1. The van der Waals surface area contributed by atoms with Crippen LogP contribution in [0.3, 0.4) is 0 Å². The standard InChI is InChI=1S/C12H25N3.HI/c1-11(2,3)15-10(13)14-9-12(4)7-5-6-8-12;/h5-9H2,1-4H3,(H3,13,14,15);1H. The zero-order valence-electron chi connectivity index (χ0n) is 11.0. The molecule has 1 aliphatic rings. The number of hydrogen-bond donors (Lipinski definition) is 2. The molecule has 0 unspecified atom stereocenters. The first kappa shape index (κ1) is 16.0. The Balaban J connectivity index is 0.00000225. The van der Waals surface area contributed by atoms with Gasteiger partial charge in [-0.05, 0) is 39.0 Å². The minimum absolute atomic E-state index is 0. The van der Waals surface area contributed by atoms with Crippen LogP contribution in [0.2, 0.25) is 0 Å². The number of nitrogens with two attached hydrogens (primary N) is 1. The highest BCUT2D eigenvalue weighted by Gasteiger charge is 2.28. The van der Waals surface area contributed by atoms with Crippen LogP contribution in [0.5, 0.6) is 0 Å². The maximum atomic E-state index is 5.84. The molecular weight excluding hydrogens is 313 g/mol. The van der Waals surface area contributed by atoms with Crippen molar-refractivity contribution in [1.82, 2.24) is 5.32 Å². The van der Waals surface area contributed by atoms with E-state index < -0.39 is 0 Å². The monoisotopic (exact) mass is 339 g/mol. The van der Waals surface area contributed by atoms with Gasteiger partial charge in [0.2, 0.25) is 0 Å². The second kappa shape index (κ2) is 6.07. The fourth-order valence-electron chi connectivity index (χ4n) is 2.09. The number of rotatable bonds is 2. The minimum Gasteiger partial charge on any atom is -0.370 e. The van der Waals surface area contributed by atoms with Crippen molar-refractivity contribution in [2.75, 3.05) is 6.54 Å². The lowest BCUT2D eigenvalue weighted by molar-refractivity contribution is 0.350. The zero-order valence-corrected chi connectivity index (χ0v) is 13.3. The molecule has 0 aromatic rings. The average molecular weight is 339 g/mol. The number of halogens is 1. The first-order valence-corrected chi connectivity index (χ1v) is 5.89. The Kier molecular flexibility index (Phi) is 6.07. The molecule has 0 aromatic heterocycles. The second-order valence-electron chi connectivity index (χ2n) is 6.09. The molecule has 0 aliphatic heterocycles. The third-order valence-electron chi connectivity index (χ3n) is 2.94. The fraction of sp³-hybridized carbons (Fsp3) is 0.917. The Hall–Kier alpha value is 0. The van der Waals surface area contributed by atoms with E-state index in [2.05, 4.69) is 38.0 Å². The van der Waals surface area contributed by atoms with Gasteiger partial charge < -0.3 is 11.1 Å². The van der Waals surface area contributed by atoms with Gasteiger partial charge in [-0.2, -0.15) is 0 Å². The van der Waals surface area contributed by atoms with Gasteiger partial charge in [0, 0.05) is 12.1 Å². The summed E-state index contributed by atoms with van der Waals surface area (Å²) in [6.07, 6.45) is 5.27. The van der Waals surface area contributed by atoms with Gasteiger partial charge in [-0.3, -0.25) is 4.99 Å². The van der Waals surface area contributed by atoms with Gasteiger partial charge in [-0.1, -0.05) is 19.8 Å². The van der Waals surface area contributed by atoms with E-state index in [1.807, 2.05) is 0 Å². The van der Waals surface area contributed by atoms with Crippen molar-refractivity contribution in [3.05, 3.63) is 0 Å². The molecule has 16 heavy (non-hydrogen) atoms. The quantitative estimate of drug-likeness (QED) is 0.462. The zero-order chi connectivity index (χ0) is 11.5. The van der Waals surface area contributed by atoms with Crippen LogP contribution in [0, 0.1) is 5.41 Å². The van der Waals surface area contributed by atoms with Crippen molar-refractivity contribution in [3.8, 4) is 0 Å². The molecule has 4 heteroatoms. The van der Waals surface area contributed by atoms with Gasteiger partial charge in [0.15, 0.2) is 5.96 Å². The Morgan fingerprint density at radius 1 is 1.31 bits per heavy atom. The highest BCUT2D eigenvalue weighted by Crippen LogP contribution is 2.37. The van der Waals surface area contributed by atoms with Crippen molar-refractivity contribution in [1.29, 1.82) is 0 Å². The molecule has 0 spiro atoms. The molecule has 0 bridgehead atoms. The third kappa shape index (κ3) is 5.92. The number of hydrogen-bond acceptors (Lipinski definition) is 1. The fourth-order valence-corrected chi connectivity index (χ4v) is 2.09. The van der Waals surface area contributed by atoms with Crippen LogP contribution in [0.25, 0.3) is 0 Å². The van der Waals surface area contributed by atoms with E-state index in [4.69, 9.17) is 5.73 Å². The molecule has 3 N–H and O–H groups in total. The number of nitrogens with zero attached hydrogens (tertiary/aromatic N) is 1. The summed E-state index contributed by atoms with van der Waals surface area (Å²) in [5.41, 5.74) is 6.23. The van der Waals surface area contributed by atoms with Crippen LogP contribution in [0.15, 0.2) is 4.99 Å². The summed E-state index contributed by atoms with van der Waals surface area (Å²) in [4.78, 5) is 4.45. The van der Waals surface area contributed by atoms with Crippen LogP contribution < -0.4 is 11.1 Å². The molecule has 1 fully saturated rings. The Morgan fingerprint density at radius 3 is 2.25 bits per heavy atom. The molecule has 1 saturated carbocycles. The van der Waals surface area contributed by atoms with Gasteiger partial charge in [0.05, 0.1) is 0 Å². The van der Waals surface area contributed by atoms with E-state index in [0.717, 1.165) is 6.54 Å². The summed E-state index contributed by atoms with van der Waals surface area (Å²) in [5, 5.41) is 3.19. The van der Waals surface area contributed by atoms with Crippen LogP contribution in [-0.4, -0.2) is 18.0 Å². The van der Waals surface area contributed by atoms with Crippen LogP contribution in [0.4, 0.5) is 0 Å². The summed E-state index contributed by atoms with van der Waals surface area (Å²) in [6, 6.07) is 0. The molecule has 0 aromatic carbocycles. The molecule has 96 valence electrons. The summed E-state index contributed by atoms with van der Waals surface area (Å²) in [6.45, 7) is 9.45. The van der Waals surface area contributed by atoms with Gasteiger partial charge in [0.1, 0.15) is 0 Å². The largest absolute Gasteiger partial charge is 0.370 e.